The number of nitrogens with zero attached hydrogens (tertiary/aromatic N) is 3. The lowest BCUT2D eigenvalue weighted by molar-refractivity contribution is 0.275. The number of hydrogen-bond acceptors (Lipinski definition) is 3. The van der Waals surface area contributed by atoms with Gasteiger partial charge >= 0.3 is 0 Å². The van der Waals surface area contributed by atoms with Crippen LogP contribution in [-0.4, -0.2) is 68.6 Å². The highest BCUT2D eigenvalue weighted by molar-refractivity contribution is 14.0. The van der Waals surface area contributed by atoms with E-state index in [1.165, 1.54) is 32.6 Å². The van der Waals surface area contributed by atoms with Crippen LogP contribution in [0, 0.1) is 5.92 Å². The summed E-state index contributed by atoms with van der Waals surface area (Å²) in [4.78, 5) is 9.34. The molecule has 0 spiro atoms. The van der Waals surface area contributed by atoms with Gasteiger partial charge in [-0.1, -0.05) is 13.8 Å². The van der Waals surface area contributed by atoms with Gasteiger partial charge < -0.3 is 20.9 Å². The number of aliphatic imine (C=N–C) groups is 1. The van der Waals surface area contributed by atoms with Crippen molar-refractivity contribution in [1.82, 2.24) is 15.1 Å². The van der Waals surface area contributed by atoms with Crippen molar-refractivity contribution in [2.24, 2.45) is 16.6 Å². The Morgan fingerprint density at radius 1 is 1.24 bits per heavy atom. The molecule has 126 valence electrons. The number of nitrogens with one attached hydrogen (secondary N) is 1. The van der Waals surface area contributed by atoms with Crippen molar-refractivity contribution in [3.63, 3.8) is 0 Å². The topological polar surface area (TPSA) is 56.9 Å². The second-order valence-corrected chi connectivity index (χ2v) is 6.23. The third-order valence-corrected chi connectivity index (χ3v) is 3.75. The molecule has 5 nitrogen and oxygen atoms in total. The highest BCUT2D eigenvalue weighted by atomic mass is 127. The molecule has 0 bridgehead atoms. The molecule has 0 aromatic rings. The quantitative estimate of drug-likeness (QED) is 0.289. The van der Waals surface area contributed by atoms with Crippen LogP contribution in [0.5, 0.6) is 0 Å². The van der Waals surface area contributed by atoms with E-state index in [0.29, 0.717) is 11.9 Å². The molecule has 1 heterocycles. The van der Waals surface area contributed by atoms with Gasteiger partial charge in [-0.3, -0.25) is 4.99 Å². The Bertz CT molecular complexity index is 283. The monoisotopic (exact) mass is 411 g/mol. The Hall–Kier alpha value is -0.0800. The average Bonchev–Trinajstić information content (AvgIpc) is 2.59. The molecular weight excluding hydrogens is 377 g/mol. The molecule has 0 atom stereocenters. The van der Waals surface area contributed by atoms with E-state index < -0.39 is 0 Å². The largest absolute Gasteiger partial charge is 0.370 e. The maximum absolute atomic E-state index is 5.84. The Morgan fingerprint density at radius 3 is 2.71 bits per heavy atom. The van der Waals surface area contributed by atoms with Crippen LogP contribution in [-0.2, 0) is 0 Å². The van der Waals surface area contributed by atoms with Gasteiger partial charge in [-0.15, -0.1) is 24.0 Å². The van der Waals surface area contributed by atoms with E-state index in [1.807, 2.05) is 0 Å². The number of guanidine groups is 1. The summed E-state index contributed by atoms with van der Waals surface area (Å²) in [6.45, 7) is 12.1. The Morgan fingerprint density at radius 2 is 2.00 bits per heavy atom. The minimum atomic E-state index is 0. The first-order chi connectivity index (χ1) is 9.58. The smallest absolute Gasteiger partial charge is 0.188 e. The standard InChI is InChI=1S/C15H33N5.HI/c1-14(2)6-8-18-15(16)17-7-4-10-20-11-5-9-19(3)12-13-20;/h14H,4-13H2,1-3H3,(H3,16,17,18);1H. The molecule has 0 aromatic heterocycles. The molecule has 0 radical (unpaired) electrons. The first-order valence-electron chi connectivity index (χ1n) is 8.02. The number of nitrogens with two attached hydrogens (primary N) is 1. The van der Waals surface area contributed by atoms with Crippen LogP contribution in [0.2, 0.25) is 0 Å². The second kappa shape index (κ2) is 12.5. The van der Waals surface area contributed by atoms with Crippen LogP contribution < -0.4 is 11.1 Å². The van der Waals surface area contributed by atoms with Crippen molar-refractivity contribution >= 4 is 29.9 Å². The van der Waals surface area contributed by atoms with E-state index in [4.69, 9.17) is 5.73 Å². The lowest BCUT2D eigenvalue weighted by Crippen LogP contribution is -2.33. The predicted molar refractivity (Wildman–Crippen MR) is 103 cm³/mol. The van der Waals surface area contributed by atoms with E-state index in [9.17, 15) is 0 Å². The Labute approximate surface area is 147 Å². The van der Waals surface area contributed by atoms with Gasteiger partial charge in [0.2, 0.25) is 0 Å². The van der Waals surface area contributed by atoms with Gasteiger partial charge in [0.05, 0.1) is 0 Å². The summed E-state index contributed by atoms with van der Waals surface area (Å²) < 4.78 is 0. The summed E-state index contributed by atoms with van der Waals surface area (Å²) in [5.41, 5.74) is 5.84. The SMILES string of the molecule is CC(C)CCNC(N)=NCCCN1CCCN(C)CC1.I. The van der Waals surface area contributed by atoms with Crippen molar-refractivity contribution in [2.75, 3.05) is 52.9 Å². The summed E-state index contributed by atoms with van der Waals surface area (Å²) in [7, 11) is 2.21. The van der Waals surface area contributed by atoms with Crippen molar-refractivity contribution in [3.8, 4) is 0 Å². The lowest BCUT2D eigenvalue weighted by Gasteiger charge is -2.19. The highest BCUT2D eigenvalue weighted by Crippen LogP contribution is 2.01. The van der Waals surface area contributed by atoms with Crippen LogP contribution in [0.25, 0.3) is 0 Å². The van der Waals surface area contributed by atoms with Crippen molar-refractivity contribution in [1.29, 1.82) is 0 Å². The second-order valence-electron chi connectivity index (χ2n) is 6.23. The van der Waals surface area contributed by atoms with Gasteiger partial charge in [-0.05, 0) is 51.9 Å². The van der Waals surface area contributed by atoms with Gasteiger partial charge in [0.1, 0.15) is 0 Å². The minimum Gasteiger partial charge on any atom is -0.370 e. The lowest BCUT2D eigenvalue weighted by atomic mass is 10.1. The Kier molecular flexibility index (Phi) is 12.4. The average molecular weight is 411 g/mol. The molecule has 0 saturated carbocycles. The van der Waals surface area contributed by atoms with Crippen LogP contribution in [0.3, 0.4) is 0 Å². The zero-order chi connectivity index (χ0) is 14.8. The first kappa shape index (κ1) is 20.9. The summed E-state index contributed by atoms with van der Waals surface area (Å²) in [6.07, 6.45) is 3.51. The van der Waals surface area contributed by atoms with Gasteiger partial charge in [-0.25, -0.2) is 0 Å². The zero-order valence-electron chi connectivity index (χ0n) is 14.0. The van der Waals surface area contributed by atoms with Crippen molar-refractivity contribution in [2.45, 2.75) is 33.1 Å². The van der Waals surface area contributed by atoms with Gasteiger partial charge in [0, 0.05) is 26.2 Å². The zero-order valence-corrected chi connectivity index (χ0v) is 16.3. The number of likely N-dealkylation sites (N-methyl/N-ethyl adjacent to an activating group) is 1. The number of rotatable bonds is 7. The van der Waals surface area contributed by atoms with Crippen molar-refractivity contribution < 1.29 is 0 Å². The number of hydrogen-bond donors (Lipinski definition) is 2. The van der Waals surface area contributed by atoms with Gasteiger partial charge in [0.15, 0.2) is 5.96 Å². The van der Waals surface area contributed by atoms with Crippen molar-refractivity contribution in [3.05, 3.63) is 0 Å². The van der Waals surface area contributed by atoms with Crippen LogP contribution in [0.15, 0.2) is 4.99 Å². The molecule has 0 aromatic carbocycles. The summed E-state index contributed by atoms with van der Waals surface area (Å²) >= 11 is 0. The van der Waals surface area contributed by atoms with E-state index in [1.54, 1.807) is 0 Å². The van der Waals surface area contributed by atoms with E-state index in [0.717, 1.165) is 32.5 Å². The maximum Gasteiger partial charge on any atom is 0.188 e. The fourth-order valence-corrected chi connectivity index (χ4v) is 2.36. The molecule has 0 unspecified atom stereocenters. The number of halogens is 1. The fraction of sp³-hybridized carbons (Fsp3) is 0.933. The molecule has 1 aliphatic rings. The molecule has 1 fully saturated rings. The van der Waals surface area contributed by atoms with Crippen LogP contribution >= 0.6 is 24.0 Å². The summed E-state index contributed by atoms with van der Waals surface area (Å²) in [5, 5.41) is 3.18. The van der Waals surface area contributed by atoms with Crippen LogP contribution in [0.1, 0.15) is 33.1 Å². The van der Waals surface area contributed by atoms with Crippen LogP contribution in [0.4, 0.5) is 0 Å². The molecule has 1 aliphatic heterocycles. The predicted octanol–water partition coefficient (Wildman–Crippen LogP) is 1.58. The van der Waals surface area contributed by atoms with E-state index in [-0.39, 0.29) is 24.0 Å². The molecule has 1 saturated heterocycles. The van der Waals surface area contributed by atoms with Gasteiger partial charge in [0.25, 0.3) is 0 Å². The maximum atomic E-state index is 5.84. The minimum absolute atomic E-state index is 0. The van der Waals surface area contributed by atoms with Gasteiger partial charge in [-0.2, -0.15) is 0 Å². The molecule has 0 aliphatic carbocycles. The summed E-state index contributed by atoms with van der Waals surface area (Å²) in [5.74, 6) is 1.30. The molecule has 0 amide bonds. The molecule has 1 rings (SSSR count). The first-order valence-corrected chi connectivity index (χ1v) is 8.02. The van der Waals surface area contributed by atoms with E-state index >= 15 is 0 Å². The third kappa shape index (κ3) is 11.2. The molecule has 6 heteroatoms. The molecule has 21 heavy (non-hydrogen) atoms. The van der Waals surface area contributed by atoms with E-state index in [2.05, 4.69) is 41.0 Å². The molecular formula is C15H34IN5. The Balaban J connectivity index is 0.00000400. The molecule has 3 N–H and O–H groups in total. The normalized spacial score (nSPS) is 18.4. The summed E-state index contributed by atoms with van der Waals surface area (Å²) in [6, 6.07) is 0. The highest BCUT2D eigenvalue weighted by Gasteiger charge is 2.10. The fourth-order valence-electron chi connectivity index (χ4n) is 2.36. The third-order valence-electron chi connectivity index (χ3n) is 3.75.